The summed E-state index contributed by atoms with van der Waals surface area (Å²) in [5, 5.41) is 14.7. The van der Waals surface area contributed by atoms with E-state index in [1.54, 1.807) is 18.3 Å². The van der Waals surface area contributed by atoms with Crippen molar-refractivity contribution in [1.82, 2.24) is 15.0 Å². The Morgan fingerprint density at radius 1 is 1.26 bits per heavy atom. The van der Waals surface area contributed by atoms with E-state index < -0.39 is 18.0 Å². The Labute approximate surface area is 223 Å². The molecule has 2 aromatic heterocycles. The van der Waals surface area contributed by atoms with Crippen molar-refractivity contribution < 1.29 is 27.8 Å². The fourth-order valence-electron chi connectivity index (χ4n) is 5.13. The van der Waals surface area contributed by atoms with E-state index in [0.717, 1.165) is 34.7 Å². The first-order chi connectivity index (χ1) is 17.9. The van der Waals surface area contributed by atoms with Crippen molar-refractivity contribution >= 4 is 28.9 Å². The molecule has 1 unspecified atom stereocenters. The van der Waals surface area contributed by atoms with Crippen LogP contribution in [0.15, 0.2) is 36.7 Å². The van der Waals surface area contributed by atoms with Crippen LogP contribution in [0.3, 0.4) is 0 Å². The molecular formula is C27H32F3N4O3S+. The number of esters is 1. The van der Waals surface area contributed by atoms with Crippen molar-refractivity contribution in [2.75, 3.05) is 11.9 Å². The predicted octanol–water partition coefficient (Wildman–Crippen LogP) is 6.69. The molecule has 3 N–H and O–H groups in total. The van der Waals surface area contributed by atoms with E-state index in [9.17, 15) is 23.1 Å². The van der Waals surface area contributed by atoms with Gasteiger partial charge in [-0.05, 0) is 73.8 Å². The molecule has 1 fully saturated rings. The molecule has 0 amide bonds. The number of aryl methyl sites for hydroxylation is 1. The Kier molecular flexibility index (Phi) is 8.08. The highest BCUT2D eigenvalue weighted by Gasteiger charge is 2.47. The first kappa shape index (κ1) is 28.0. The SMILES string of the molecule is CCOC(=[OH+])[C@@H]1CCC([C@H](O)c2ncc(-c3cc(C)cc(Nc4nccc(C(F)(F)F)n4)c3)s2)CC1(C)C. The van der Waals surface area contributed by atoms with Crippen LogP contribution in [-0.2, 0) is 10.9 Å². The molecule has 4 rings (SSSR count). The van der Waals surface area contributed by atoms with E-state index in [2.05, 4.69) is 34.1 Å². The van der Waals surface area contributed by atoms with E-state index in [1.165, 1.54) is 11.3 Å². The number of halogens is 3. The molecule has 0 aliphatic heterocycles. The molecule has 0 spiro atoms. The van der Waals surface area contributed by atoms with E-state index in [1.807, 2.05) is 19.9 Å². The second kappa shape index (κ2) is 11.0. The summed E-state index contributed by atoms with van der Waals surface area (Å²) >= 11 is 1.38. The average molecular weight is 550 g/mol. The number of thiazole rings is 1. The van der Waals surface area contributed by atoms with Crippen LogP contribution < -0.4 is 5.32 Å². The topological polar surface area (TPSA) is 102 Å². The maximum Gasteiger partial charge on any atom is 0.486 e. The van der Waals surface area contributed by atoms with Crippen LogP contribution in [0.25, 0.3) is 10.4 Å². The van der Waals surface area contributed by atoms with Crippen LogP contribution in [0.4, 0.5) is 24.8 Å². The highest BCUT2D eigenvalue weighted by Crippen LogP contribution is 2.48. The number of nitrogens with one attached hydrogen (secondary N) is 1. The Morgan fingerprint density at radius 2 is 2.03 bits per heavy atom. The lowest BCUT2D eigenvalue weighted by atomic mass is 9.64. The van der Waals surface area contributed by atoms with Crippen molar-refractivity contribution in [3.63, 3.8) is 0 Å². The van der Waals surface area contributed by atoms with Gasteiger partial charge in [0.25, 0.3) is 0 Å². The van der Waals surface area contributed by atoms with Crippen LogP contribution >= 0.6 is 11.3 Å². The van der Waals surface area contributed by atoms with E-state index in [4.69, 9.17) is 4.74 Å². The molecule has 38 heavy (non-hydrogen) atoms. The number of ether oxygens (including phenoxy) is 1. The van der Waals surface area contributed by atoms with Gasteiger partial charge in [-0.3, -0.25) is 0 Å². The molecular weight excluding hydrogens is 517 g/mol. The Hall–Kier alpha value is -3.05. The average Bonchev–Trinajstić information content (AvgIpc) is 3.33. The highest BCUT2D eigenvalue weighted by molar-refractivity contribution is 7.15. The quantitative estimate of drug-likeness (QED) is 0.252. The number of aromatic nitrogens is 3. The fraction of sp³-hybridized carbons (Fsp3) is 0.481. The van der Waals surface area contributed by atoms with Gasteiger partial charge >= 0.3 is 12.1 Å². The molecule has 7 nitrogen and oxygen atoms in total. The number of aliphatic hydroxyl groups is 1. The summed E-state index contributed by atoms with van der Waals surface area (Å²) in [5.41, 5.74) is 0.979. The van der Waals surface area contributed by atoms with Gasteiger partial charge in [-0.2, -0.15) is 13.2 Å². The summed E-state index contributed by atoms with van der Waals surface area (Å²) in [6, 6.07) is 6.35. The Bertz CT molecular complexity index is 1290. The molecule has 2 heterocycles. The van der Waals surface area contributed by atoms with Crippen molar-refractivity contribution in [3.8, 4) is 10.4 Å². The number of benzene rings is 1. The van der Waals surface area contributed by atoms with E-state index >= 15 is 0 Å². The standard InChI is InChI=1S/C27H31F3N4O3S/c1-5-37-24(36)19-7-6-16(13-26(19,3)4)22(35)23-32-14-20(38-23)17-10-15(2)11-18(12-17)33-25-31-9-8-21(34-25)27(28,29)30/h8-12,14,16,19,22,35H,5-7,13H2,1-4H3,(H,31,33,34)/p+1/t16?,19-,22-/m0/s1. The molecule has 3 atom stereocenters. The number of rotatable bonds is 7. The molecule has 3 aromatic rings. The highest BCUT2D eigenvalue weighted by atomic mass is 32.1. The van der Waals surface area contributed by atoms with Gasteiger partial charge in [-0.25, -0.2) is 15.0 Å². The molecule has 1 aliphatic rings. The normalized spacial score (nSPS) is 20.1. The molecule has 0 radical (unpaired) electrons. The summed E-state index contributed by atoms with van der Waals surface area (Å²) in [4.78, 5) is 23.1. The molecule has 1 saturated carbocycles. The van der Waals surface area contributed by atoms with Gasteiger partial charge in [0.05, 0.1) is 4.88 Å². The maximum absolute atomic E-state index is 13.0. The number of nitrogens with zero attached hydrogens (tertiary/aromatic N) is 3. The van der Waals surface area contributed by atoms with Gasteiger partial charge in [-0.15, -0.1) is 11.3 Å². The first-order valence-electron chi connectivity index (χ1n) is 12.5. The Morgan fingerprint density at radius 3 is 2.71 bits per heavy atom. The third-order valence-electron chi connectivity index (χ3n) is 6.94. The molecule has 0 saturated heterocycles. The zero-order valence-corrected chi connectivity index (χ0v) is 22.5. The molecule has 11 heteroatoms. The molecule has 1 aromatic carbocycles. The third-order valence-corrected chi connectivity index (χ3v) is 8.05. The number of hydrogen-bond donors (Lipinski definition) is 2. The van der Waals surface area contributed by atoms with Crippen molar-refractivity contribution in [2.24, 2.45) is 17.3 Å². The van der Waals surface area contributed by atoms with Crippen LogP contribution in [-0.4, -0.2) is 37.4 Å². The lowest BCUT2D eigenvalue weighted by molar-refractivity contribution is -0.141. The zero-order valence-electron chi connectivity index (χ0n) is 21.7. The predicted molar refractivity (Wildman–Crippen MR) is 141 cm³/mol. The van der Waals surface area contributed by atoms with Crippen LogP contribution in [0, 0.1) is 24.2 Å². The smallest absolute Gasteiger partial charge is 0.386 e. The number of hydrogen-bond acceptors (Lipinski definition) is 7. The van der Waals surface area contributed by atoms with Gasteiger partial charge in [0.1, 0.15) is 22.7 Å². The van der Waals surface area contributed by atoms with E-state index in [-0.39, 0.29) is 29.2 Å². The van der Waals surface area contributed by atoms with E-state index in [0.29, 0.717) is 30.1 Å². The zero-order chi connectivity index (χ0) is 27.7. The summed E-state index contributed by atoms with van der Waals surface area (Å²) in [6.45, 7) is 8.29. The van der Waals surface area contributed by atoms with Gasteiger partial charge in [-0.1, -0.05) is 19.9 Å². The summed E-state index contributed by atoms with van der Waals surface area (Å²) in [7, 11) is 0. The van der Waals surface area contributed by atoms with Crippen LogP contribution in [0.1, 0.15) is 62.4 Å². The molecule has 1 aliphatic carbocycles. The maximum atomic E-state index is 13.0. The van der Waals surface area contributed by atoms with Crippen molar-refractivity contribution in [3.05, 3.63) is 52.9 Å². The lowest BCUT2D eigenvalue weighted by Crippen LogP contribution is -2.39. The molecule has 0 bridgehead atoms. The first-order valence-corrected chi connectivity index (χ1v) is 13.3. The van der Waals surface area contributed by atoms with Crippen LogP contribution in [0.2, 0.25) is 0 Å². The Balaban J connectivity index is 1.50. The summed E-state index contributed by atoms with van der Waals surface area (Å²) in [6.07, 6.45) is -0.386. The number of alkyl halides is 3. The summed E-state index contributed by atoms with van der Waals surface area (Å²) < 4.78 is 44.4. The van der Waals surface area contributed by atoms with Crippen molar-refractivity contribution in [2.45, 2.75) is 59.2 Å². The van der Waals surface area contributed by atoms with Gasteiger partial charge in [0.15, 0.2) is 6.61 Å². The number of aliphatic hydroxyl groups excluding tert-OH is 1. The lowest BCUT2D eigenvalue weighted by Gasteiger charge is -2.40. The number of carbonyl (C=O) groups excluding carboxylic acids is 1. The largest absolute Gasteiger partial charge is 0.486 e. The molecule has 204 valence electrons. The summed E-state index contributed by atoms with van der Waals surface area (Å²) in [5.74, 6) is -0.178. The van der Waals surface area contributed by atoms with Gasteiger partial charge in [0, 0.05) is 18.1 Å². The van der Waals surface area contributed by atoms with Crippen molar-refractivity contribution in [1.29, 1.82) is 0 Å². The van der Waals surface area contributed by atoms with Gasteiger partial charge < -0.3 is 20.0 Å². The second-order valence-corrected chi connectivity index (χ2v) is 11.4. The number of anilines is 2. The minimum atomic E-state index is -4.56. The third kappa shape index (κ3) is 6.32. The minimum Gasteiger partial charge on any atom is -0.386 e. The fourth-order valence-corrected chi connectivity index (χ4v) is 6.12. The van der Waals surface area contributed by atoms with Crippen LogP contribution in [0.5, 0.6) is 0 Å². The monoisotopic (exact) mass is 549 g/mol. The minimum absolute atomic E-state index is 0.0116. The second-order valence-electron chi connectivity index (χ2n) is 10.3. The van der Waals surface area contributed by atoms with Gasteiger partial charge in [0.2, 0.25) is 5.95 Å².